The van der Waals surface area contributed by atoms with Crippen molar-refractivity contribution in [2.75, 3.05) is 6.61 Å². The first-order chi connectivity index (χ1) is 12.0. The van der Waals surface area contributed by atoms with Gasteiger partial charge in [0.1, 0.15) is 11.5 Å². The van der Waals surface area contributed by atoms with Crippen LogP contribution in [0.3, 0.4) is 0 Å². The van der Waals surface area contributed by atoms with E-state index in [1.807, 2.05) is 25.1 Å². The van der Waals surface area contributed by atoms with Gasteiger partial charge < -0.3 is 9.47 Å². The Labute approximate surface area is 146 Å². The van der Waals surface area contributed by atoms with Gasteiger partial charge in [-0.15, -0.1) is 4.83 Å². The average molecular weight is 362 g/mol. The van der Waals surface area contributed by atoms with Crippen LogP contribution in [0.5, 0.6) is 11.5 Å². The van der Waals surface area contributed by atoms with Gasteiger partial charge in [-0.3, -0.25) is 10.2 Å². The second kappa shape index (κ2) is 7.12. The highest BCUT2D eigenvalue weighted by atomic mass is 32.2. The van der Waals surface area contributed by atoms with Crippen molar-refractivity contribution in [2.45, 2.75) is 24.3 Å². The Bertz CT molecular complexity index is 840. The third kappa shape index (κ3) is 3.92. The van der Waals surface area contributed by atoms with Crippen molar-refractivity contribution in [3.63, 3.8) is 0 Å². The maximum Gasteiger partial charge on any atom is 0.276 e. The number of hydrazine groups is 1. The summed E-state index contributed by atoms with van der Waals surface area (Å²) in [6.45, 7) is 2.33. The van der Waals surface area contributed by atoms with Gasteiger partial charge in [-0.2, -0.15) is 0 Å². The van der Waals surface area contributed by atoms with E-state index in [1.54, 1.807) is 18.2 Å². The maximum absolute atomic E-state index is 12.2. The second-order valence-electron chi connectivity index (χ2n) is 5.42. The first kappa shape index (κ1) is 17.2. The summed E-state index contributed by atoms with van der Waals surface area (Å²) in [5, 5.41) is 0. The van der Waals surface area contributed by atoms with Gasteiger partial charge >= 0.3 is 0 Å². The number of carbonyl (C=O) groups is 1. The number of carbonyl (C=O) groups excluding carboxylic acids is 1. The van der Waals surface area contributed by atoms with Gasteiger partial charge in [0, 0.05) is 6.42 Å². The molecule has 7 nitrogen and oxygen atoms in total. The molecule has 25 heavy (non-hydrogen) atoms. The number of hydrogen-bond acceptors (Lipinski definition) is 5. The summed E-state index contributed by atoms with van der Waals surface area (Å²) in [6.07, 6.45) is -0.368. The standard InChI is InChI=1S/C17H18N2O5S/c1-2-23-13-7-9-14(10-8-13)25(21,22)19-18-17(20)16-11-12-5-3-4-6-15(12)24-16/h3-10,16,19H,2,11H2,1H3,(H,18,20)/t16-/m1/s1. The maximum atomic E-state index is 12.2. The van der Waals surface area contributed by atoms with Crippen molar-refractivity contribution in [3.8, 4) is 11.5 Å². The number of sulfonamides is 1. The normalized spacial score (nSPS) is 16.0. The summed E-state index contributed by atoms with van der Waals surface area (Å²) in [5.41, 5.74) is 3.12. The minimum atomic E-state index is -3.88. The highest BCUT2D eigenvalue weighted by Crippen LogP contribution is 2.28. The Hall–Kier alpha value is -2.58. The molecule has 3 rings (SSSR count). The summed E-state index contributed by atoms with van der Waals surface area (Å²) in [4.78, 5) is 14.3. The van der Waals surface area contributed by atoms with Crippen molar-refractivity contribution in [1.82, 2.24) is 10.3 Å². The van der Waals surface area contributed by atoms with Crippen molar-refractivity contribution in [3.05, 3.63) is 54.1 Å². The van der Waals surface area contributed by atoms with E-state index in [0.29, 0.717) is 24.5 Å². The fourth-order valence-corrected chi connectivity index (χ4v) is 3.31. The number of fused-ring (bicyclic) bond motifs is 1. The predicted octanol–water partition coefficient (Wildman–Crippen LogP) is 1.40. The zero-order valence-electron chi connectivity index (χ0n) is 13.6. The van der Waals surface area contributed by atoms with E-state index in [9.17, 15) is 13.2 Å². The minimum Gasteiger partial charge on any atom is -0.494 e. The topological polar surface area (TPSA) is 93.7 Å². The van der Waals surface area contributed by atoms with E-state index < -0.39 is 22.0 Å². The van der Waals surface area contributed by atoms with Gasteiger partial charge in [0.2, 0.25) is 0 Å². The SMILES string of the molecule is CCOc1ccc(S(=O)(=O)NNC(=O)[C@H]2Cc3ccccc3O2)cc1. The van der Waals surface area contributed by atoms with Crippen molar-refractivity contribution in [1.29, 1.82) is 0 Å². The quantitative estimate of drug-likeness (QED) is 0.758. The summed E-state index contributed by atoms with van der Waals surface area (Å²) in [6, 6.07) is 13.2. The lowest BCUT2D eigenvalue weighted by atomic mass is 10.1. The number of para-hydroxylation sites is 1. The number of rotatable bonds is 6. The molecule has 0 fully saturated rings. The van der Waals surface area contributed by atoms with Crippen LogP contribution in [-0.4, -0.2) is 27.0 Å². The molecule has 1 aliphatic heterocycles. The number of ether oxygens (including phenoxy) is 2. The Morgan fingerprint density at radius 2 is 1.92 bits per heavy atom. The van der Waals surface area contributed by atoms with Gasteiger partial charge in [-0.25, -0.2) is 8.42 Å². The lowest BCUT2D eigenvalue weighted by molar-refractivity contribution is -0.127. The van der Waals surface area contributed by atoms with Crippen molar-refractivity contribution >= 4 is 15.9 Å². The van der Waals surface area contributed by atoms with Crippen LogP contribution in [0, 0.1) is 0 Å². The third-order valence-corrected chi connectivity index (χ3v) is 4.96. The average Bonchev–Trinajstić information content (AvgIpc) is 3.05. The number of benzene rings is 2. The first-order valence-electron chi connectivity index (χ1n) is 7.78. The van der Waals surface area contributed by atoms with Crippen molar-refractivity contribution < 1.29 is 22.7 Å². The van der Waals surface area contributed by atoms with Gasteiger partial charge in [0.05, 0.1) is 11.5 Å². The lowest BCUT2D eigenvalue weighted by Crippen LogP contribution is -2.47. The fourth-order valence-electron chi connectivity index (χ4n) is 2.47. The molecule has 0 saturated heterocycles. The molecule has 0 aromatic heterocycles. The van der Waals surface area contributed by atoms with Crippen LogP contribution in [0.25, 0.3) is 0 Å². The molecule has 1 amide bonds. The van der Waals surface area contributed by atoms with E-state index in [4.69, 9.17) is 9.47 Å². The highest BCUT2D eigenvalue weighted by Gasteiger charge is 2.29. The summed E-state index contributed by atoms with van der Waals surface area (Å²) in [5.74, 6) is 0.658. The molecule has 2 aromatic carbocycles. The minimum absolute atomic E-state index is 0.0203. The molecule has 2 aromatic rings. The molecule has 2 N–H and O–H groups in total. The Morgan fingerprint density at radius 1 is 1.20 bits per heavy atom. The van der Waals surface area contributed by atoms with Crippen LogP contribution in [-0.2, 0) is 21.2 Å². The fraction of sp³-hybridized carbons (Fsp3) is 0.235. The molecule has 1 aliphatic rings. The van der Waals surface area contributed by atoms with Crippen molar-refractivity contribution in [2.24, 2.45) is 0 Å². The molecular formula is C17H18N2O5S. The van der Waals surface area contributed by atoms with E-state index in [0.717, 1.165) is 5.56 Å². The Kier molecular flexibility index (Phi) is 4.91. The lowest BCUT2D eigenvalue weighted by Gasteiger charge is -2.13. The van der Waals surface area contributed by atoms with Crippen LogP contribution >= 0.6 is 0 Å². The van der Waals surface area contributed by atoms with Crippen LogP contribution < -0.4 is 19.7 Å². The molecule has 0 saturated carbocycles. The molecule has 1 atom stereocenters. The largest absolute Gasteiger partial charge is 0.494 e. The van der Waals surface area contributed by atoms with E-state index in [1.165, 1.54) is 12.1 Å². The van der Waals surface area contributed by atoms with Gasteiger partial charge in [-0.1, -0.05) is 18.2 Å². The molecular weight excluding hydrogens is 344 g/mol. The zero-order valence-corrected chi connectivity index (χ0v) is 14.4. The summed E-state index contributed by atoms with van der Waals surface area (Å²) < 4.78 is 35.3. The molecule has 8 heteroatoms. The highest BCUT2D eigenvalue weighted by molar-refractivity contribution is 7.89. The number of amides is 1. The van der Waals surface area contributed by atoms with E-state index >= 15 is 0 Å². The smallest absolute Gasteiger partial charge is 0.276 e. The second-order valence-corrected chi connectivity index (χ2v) is 7.10. The first-order valence-corrected chi connectivity index (χ1v) is 9.27. The molecule has 132 valence electrons. The summed E-state index contributed by atoms with van der Waals surface area (Å²) in [7, 11) is -3.88. The van der Waals surface area contributed by atoms with Gasteiger partial charge in [0.15, 0.2) is 6.10 Å². The molecule has 0 bridgehead atoms. The zero-order chi connectivity index (χ0) is 17.9. The molecule has 1 heterocycles. The Balaban J connectivity index is 1.60. The predicted molar refractivity (Wildman–Crippen MR) is 90.6 cm³/mol. The molecule has 0 unspecified atom stereocenters. The van der Waals surface area contributed by atoms with E-state index in [2.05, 4.69) is 10.3 Å². The third-order valence-electron chi connectivity index (χ3n) is 3.69. The van der Waals surface area contributed by atoms with Crippen LogP contribution in [0.4, 0.5) is 0 Å². The number of hydrogen-bond donors (Lipinski definition) is 2. The number of nitrogens with one attached hydrogen (secondary N) is 2. The molecule has 0 aliphatic carbocycles. The van der Waals surface area contributed by atoms with Crippen LogP contribution in [0.15, 0.2) is 53.4 Å². The monoisotopic (exact) mass is 362 g/mol. The Morgan fingerprint density at radius 3 is 2.60 bits per heavy atom. The molecule has 0 spiro atoms. The van der Waals surface area contributed by atoms with Crippen LogP contribution in [0.2, 0.25) is 0 Å². The van der Waals surface area contributed by atoms with Crippen LogP contribution in [0.1, 0.15) is 12.5 Å². The summed E-state index contributed by atoms with van der Waals surface area (Å²) >= 11 is 0. The molecule has 0 radical (unpaired) electrons. The van der Waals surface area contributed by atoms with Gasteiger partial charge in [-0.05, 0) is 42.8 Å². The van der Waals surface area contributed by atoms with Gasteiger partial charge in [0.25, 0.3) is 15.9 Å². The van der Waals surface area contributed by atoms with E-state index in [-0.39, 0.29) is 4.90 Å².